The van der Waals surface area contributed by atoms with Gasteiger partial charge in [0, 0.05) is 12.4 Å². The van der Waals surface area contributed by atoms with Gasteiger partial charge in [0.15, 0.2) is 0 Å². The molecule has 0 spiro atoms. The molecule has 2 rings (SSSR count). The number of hydrogen-bond acceptors (Lipinski definition) is 2. The number of aromatic hydroxyl groups is 1. The number of para-hydroxylation sites is 1. The Hall–Kier alpha value is -1.97. The molecule has 0 aliphatic heterocycles. The van der Waals surface area contributed by atoms with Gasteiger partial charge in [0.2, 0.25) is 0 Å². The Morgan fingerprint density at radius 3 is 2.71 bits per heavy atom. The number of fused-ring (bicyclic) bond motifs is 1. The van der Waals surface area contributed by atoms with Crippen molar-refractivity contribution >= 4 is 16.9 Å². The van der Waals surface area contributed by atoms with Gasteiger partial charge < -0.3 is 14.8 Å². The van der Waals surface area contributed by atoms with E-state index in [0.717, 1.165) is 5.39 Å². The first kappa shape index (κ1) is 8.62. The smallest absolute Gasteiger partial charge is 0.352 e. The summed E-state index contributed by atoms with van der Waals surface area (Å²) in [7, 11) is 1.62. The van der Waals surface area contributed by atoms with Crippen LogP contribution in [0.1, 0.15) is 10.5 Å². The number of aryl methyl sites for hydroxylation is 1. The Bertz CT molecular complexity index is 513. The molecule has 14 heavy (non-hydrogen) atoms. The maximum Gasteiger partial charge on any atom is 0.352 e. The van der Waals surface area contributed by atoms with Gasteiger partial charge in [-0.1, -0.05) is 12.1 Å². The van der Waals surface area contributed by atoms with Crippen molar-refractivity contribution < 1.29 is 15.0 Å². The van der Waals surface area contributed by atoms with E-state index in [0.29, 0.717) is 5.52 Å². The Balaban J connectivity index is 2.87. The van der Waals surface area contributed by atoms with Crippen molar-refractivity contribution in [2.24, 2.45) is 7.05 Å². The van der Waals surface area contributed by atoms with Crippen LogP contribution in [0.25, 0.3) is 10.9 Å². The highest BCUT2D eigenvalue weighted by molar-refractivity contribution is 5.96. The number of aromatic carboxylic acids is 1. The molecular formula is C10H9NO3. The van der Waals surface area contributed by atoms with Crippen molar-refractivity contribution in [1.29, 1.82) is 0 Å². The lowest BCUT2D eigenvalue weighted by Crippen LogP contribution is -2.03. The number of rotatable bonds is 1. The van der Waals surface area contributed by atoms with Gasteiger partial charge in [0.25, 0.3) is 0 Å². The third-order valence-electron chi connectivity index (χ3n) is 2.25. The van der Waals surface area contributed by atoms with Gasteiger partial charge in [0.05, 0.1) is 5.52 Å². The second-order valence-corrected chi connectivity index (χ2v) is 3.11. The van der Waals surface area contributed by atoms with E-state index in [-0.39, 0.29) is 11.4 Å². The van der Waals surface area contributed by atoms with Crippen LogP contribution in [-0.2, 0) is 7.05 Å². The maximum atomic E-state index is 10.8. The minimum Gasteiger partial charge on any atom is -0.506 e. The number of hydrogen-bond donors (Lipinski definition) is 2. The molecule has 0 fully saturated rings. The summed E-state index contributed by atoms with van der Waals surface area (Å²) < 4.78 is 1.47. The van der Waals surface area contributed by atoms with Crippen molar-refractivity contribution in [3.05, 3.63) is 30.0 Å². The molecule has 72 valence electrons. The zero-order valence-corrected chi connectivity index (χ0v) is 7.56. The topological polar surface area (TPSA) is 62.5 Å². The van der Waals surface area contributed by atoms with E-state index >= 15 is 0 Å². The number of carbonyl (C=O) groups is 1. The fourth-order valence-corrected chi connectivity index (χ4v) is 1.60. The highest BCUT2D eigenvalue weighted by atomic mass is 16.4. The summed E-state index contributed by atoms with van der Waals surface area (Å²) >= 11 is 0. The van der Waals surface area contributed by atoms with E-state index in [1.165, 1.54) is 16.7 Å². The first-order valence-electron chi connectivity index (χ1n) is 4.12. The van der Waals surface area contributed by atoms with Crippen LogP contribution in [0.3, 0.4) is 0 Å². The first-order valence-corrected chi connectivity index (χ1v) is 4.12. The van der Waals surface area contributed by atoms with E-state index in [1.54, 1.807) is 19.2 Å². The normalized spacial score (nSPS) is 10.6. The maximum absolute atomic E-state index is 10.8. The predicted octanol–water partition coefficient (Wildman–Crippen LogP) is 1.58. The van der Waals surface area contributed by atoms with Crippen LogP contribution >= 0.6 is 0 Å². The molecule has 4 nitrogen and oxygen atoms in total. The average molecular weight is 191 g/mol. The van der Waals surface area contributed by atoms with Gasteiger partial charge in [-0.25, -0.2) is 4.79 Å². The Morgan fingerprint density at radius 2 is 2.14 bits per heavy atom. The lowest BCUT2D eigenvalue weighted by atomic mass is 10.2. The van der Waals surface area contributed by atoms with Crippen molar-refractivity contribution in [2.75, 3.05) is 0 Å². The van der Waals surface area contributed by atoms with Crippen molar-refractivity contribution in [1.82, 2.24) is 4.57 Å². The van der Waals surface area contributed by atoms with Crippen LogP contribution < -0.4 is 0 Å². The highest BCUT2D eigenvalue weighted by Gasteiger charge is 2.13. The van der Waals surface area contributed by atoms with E-state index in [9.17, 15) is 9.90 Å². The third-order valence-corrected chi connectivity index (χ3v) is 2.25. The van der Waals surface area contributed by atoms with Crippen LogP contribution in [0.5, 0.6) is 5.75 Å². The molecule has 1 aromatic heterocycles. The number of benzene rings is 1. The summed E-state index contributed by atoms with van der Waals surface area (Å²) in [4.78, 5) is 10.8. The molecule has 0 aliphatic carbocycles. The molecule has 0 unspecified atom stereocenters. The van der Waals surface area contributed by atoms with Gasteiger partial charge in [-0.2, -0.15) is 0 Å². The van der Waals surface area contributed by atoms with Gasteiger partial charge in [0.1, 0.15) is 11.4 Å². The molecule has 0 bridgehead atoms. The number of phenolic OH excluding ortho intramolecular Hbond substituents is 1. The SMILES string of the molecule is Cn1c(C(=O)O)cc2cccc(O)c21. The second kappa shape index (κ2) is 2.77. The summed E-state index contributed by atoms with van der Waals surface area (Å²) in [6.07, 6.45) is 0. The van der Waals surface area contributed by atoms with Crippen LogP contribution in [0, 0.1) is 0 Å². The fourth-order valence-electron chi connectivity index (χ4n) is 1.60. The molecule has 0 atom stereocenters. The van der Waals surface area contributed by atoms with Crippen LogP contribution in [0.15, 0.2) is 24.3 Å². The van der Waals surface area contributed by atoms with Crippen LogP contribution in [-0.4, -0.2) is 20.7 Å². The van der Waals surface area contributed by atoms with Gasteiger partial charge in [-0.3, -0.25) is 0 Å². The molecule has 0 radical (unpaired) electrons. The largest absolute Gasteiger partial charge is 0.506 e. The molecule has 1 heterocycles. The zero-order chi connectivity index (χ0) is 10.3. The predicted molar refractivity (Wildman–Crippen MR) is 51.5 cm³/mol. The Kier molecular flexibility index (Phi) is 1.70. The van der Waals surface area contributed by atoms with E-state index in [2.05, 4.69) is 0 Å². The third kappa shape index (κ3) is 1.04. The van der Waals surface area contributed by atoms with E-state index in [1.807, 2.05) is 0 Å². The standard InChI is InChI=1S/C10H9NO3/c1-11-7(10(13)14)5-6-3-2-4-8(12)9(6)11/h2-5,12H,1H3,(H,13,14). The van der Waals surface area contributed by atoms with Gasteiger partial charge in [-0.15, -0.1) is 0 Å². The summed E-state index contributed by atoms with van der Waals surface area (Å²) in [6, 6.07) is 6.52. The van der Waals surface area contributed by atoms with Crippen LogP contribution in [0.4, 0.5) is 0 Å². The summed E-state index contributed by atoms with van der Waals surface area (Å²) in [5.74, 6) is -0.902. The molecule has 0 saturated heterocycles. The quantitative estimate of drug-likeness (QED) is 0.719. The number of aromatic nitrogens is 1. The number of carboxylic acids is 1. The highest BCUT2D eigenvalue weighted by Crippen LogP contribution is 2.26. The summed E-state index contributed by atoms with van der Waals surface area (Å²) in [5, 5.41) is 19.1. The molecule has 1 aromatic carbocycles. The van der Waals surface area contributed by atoms with Crippen molar-refractivity contribution in [2.45, 2.75) is 0 Å². The molecule has 0 aliphatic rings. The average Bonchev–Trinajstić information content (AvgIpc) is 2.45. The first-order chi connectivity index (χ1) is 6.61. The molecule has 4 heteroatoms. The second-order valence-electron chi connectivity index (χ2n) is 3.11. The summed E-state index contributed by atoms with van der Waals surface area (Å²) in [5.41, 5.74) is 0.714. The van der Waals surface area contributed by atoms with Crippen molar-refractivity contribution in [3.8, 4) is 5.75 Å². The minimum absolute atomic E-state index is 0.0949. The van der Waals surface area contributed by atoms with Crippen molar-refractivity contribution in [3.63, 3.8) is 0 Å². The lowest BCUT2D eigenvalue weighted by molar-refractivity contribution is 0.0687. The van der Waals surface area contributed by atoms with Gasteiger partial charge in [-0.05, 0) is 12.1 Å². The minimum atomic E-state index is -0.997. The monoisotopic (exact) mass is 191 g/mol. The zero-order valence-electron chi connectivity index (χ0n) is 7.56. The number of carboxylic acid groups (broad SMARTS) is 1. The molecule has 2 aromatic rings. The number of phenols is 1. The molecule has 0 amide bonds. The fraction of sp³-hybridized carbons (Fsp3) is 0.100. The van der Waals surface area contributed by atoms with Gasteiger partial charge >= 0.3 is 5.97 Å². The lowest BCUT2D eigenvalue weighted by Gasteiger charge is -2.00. The van der Waals surface area contributed by atoms with E-state index in [4.69, 9.17) is 5.11 Å². The van der Waals surface area contributed by atoms with E-state index < -0.39 is 5.97 Å². The molecule has 0 saturated carbocycles. The molecular weight excluding hydrogens is 182 g/mol. The Labute approximate surface area is 80.0 Å². The number of nitrogens with zero attached hydrogens (tertiary/aromatic N) is 1. The Morgan fingerprint density at radius 1 is 1.43 bits per heavy atom. The van der Waals surface area contributed by atoms with Crippen LogP contribution in [0.2, 0.25) is 0 Å². The summed E-state index contributed by atoms with van der Waals surface area (Å²) in [6.45, 7) is 0. The molecule has 2 N–H and O–H groups in total.